The molecule has 2 atom stereocenters. The predicted octanol–water partition coefficient (Wildman–Crippen LogP) is 1.01. The highest BCUT2D eigenvalue weighted by Gasteiger charge is 2.20. The molecule has 6 heteroatoms. The third kappa shape index (κ3) is 4.58. The summed E-state index contributed by atoms with van der Waals surface area (Å²) in [7, 11) is 0. The van der Waals surface area contributed by atoms with Gasteiger partial charge in [-0.2, -0.15) is 0 Å². The molecule has 0 aliphatic carbocycles. The minimum Gasteiger partial charge on any atom is -0.392 e. The molecule has 1 aliphatic heterocycles. The third-order valence-corrected chi connectivity index (χ3v) is 5.10. The second-order valence-electron chi connectivity index (χ2n) is 7.43. The number of aromatic nitrogens is 2. The van der Waals surface area contributed by atoms with Crippen LogP contribution in [0.2, 0.25) is 0 Å². The average Bonchev–Trinajstić information content (AvgIpc) is 2.91. The summed E-state index contributed by atoms with van der Waals surface area (Å²) in [5, 5.41) is 20.0. The lowest BCUT2D eigenvalue weighted by Crippen LogP contribution is -2.50. The number of aliphatic hydroxyl groups is 2. The molecule has 6 nitrogen and oxygen atoms in total. The lowest BCUT2D eigenvalue weighted by molar-refractivity contribution is 0.0481. The summed E-state index contributed by atoms with van der Waals surface area (Å²) >= 11 is 0. The van der Waals surface area contributed by atoms with Gasteiger partial charge in [-0.05, 0) is 44.0 Å². The first kappa shape index (κ1) is 18.3. The largest absolute Gasteiger partial charge is 0.392 e. The quantitative estimate of drug-likeness (QED) is 0.817. The molecule has 0 saturated carbocycles. The molecule has 1 aromatic carbocycles. The van der Waals surface area contributed by atoms with E-state index in [0.29, 0.717) is 13.1 Å². The van der Waals surface area contributed by atoms with Crippen molar-refractivity contribution in [2.75, 3.05) is 39.3 Å². The monoisotopic (exact) mass is 346 g/mol. The van der Waals surface area contributed by atoms with Gasteiger partial charge in [0.15, 0.2) is 0 Å². The van der Waals surface area contributed by atoms with Gasteiger partial charge in [-0.25, -0.2) is 4.98 Å². The van der Waals surface area contributed by atoms with E-state index in [1.165, 1.54) is 11.1 Å². The molecule has 1 aromatic heterocycles. The van der Waals surface area contributed by atoms with Crippen LogP contribution in [0.1, 0.15) is 18.1 Å². The molecule has 1 aliphatic rings. The first-order valence-corrected chi connectivity index (χ1v) is 9.15. The van der Waals surface area contributed by atoms with Gasteiger partial charge in [0.05, 0.1) is 36.1 Å². The van der Waals surface area contributed by atoms with E-state index >= 15 is 0 Å². The van der Waals surface area contributed by atoms with Gasteiger partial charge in [-0.15, -0.1) is 0 Å². The summed E-state index contributed by atoms with van der Waals surface area (Å²) in [6.07, 6.45) is 1.13. The molecule has 2 heterocycles. The molecule has 0 spiro atoms. The smallest absolute Gasteiger partial charge is 0.0959 e. The van der Waals surface area contributed by atoms with E-state index in [2.05, 4.69) is 45.3 Å². The Morgan fingerprint density at radius 3 is 2.20 bits per heavy atom. The Balaban J connectivity index is 1.55. The van der Waals surface area contributed by atoms with Gasteiger partial charge in [0.2, 0.25) is 0 Å². The van der Waals surface area contributed by atoms with Crippen LogP contribution < -0.4 is 0 Å². The van der Waals surface area contributed by atoms with Gasteiger partial charge in [0.25, 0.3) is 0 Å². The molecule has 1 saturated heterocycles. The minimum absolute atomic E-state index is 0.279. The van der Waals surface area contributed by atoms with Crippen LogP contribution in [0.4, 0.5) is 0 Å². The normalized spacial score (nSPS) is 19.4. The van der Waals surface area contributed by atoms with E-state index in [0.717, 1.165) is 43.8 Å². The average molecular weight is 346 g/mol. The maximum Gasteiger partial charge on any atom is 0.0959 e. The highest BCUT2D eigenvalue weighted by molar-refractivity contribution is 5.77. The molecule has 138 valence electrons. The number of benzene rings is 1. The number of imidazole rings is 1. The van der Waals surface area contributed by atoms with Crippen LogP contribution in [-0.4, -0.2) is 81.0 Å². The highest BCUT2D eigenvalue weighted by Crippen LogP contribution is 2.19. The van der Waals surface area contributed by atoms with Gasteiger partial charge < -0.3 is 14.8 Å². The van der Waals surface area contributed by atoms with Crippen LogP contribution in [-0.2, 0) is 6.54 Å². The Labute approximate surface area is 149 Å². The highest BCUT2D eigenvalue weighted by atomic mass is 16.3. The van der Waals surface area contributed by atoms with Crippen molar-refractivity contribution in [3.8, 4) is 0 Å². The zero-order chi connectivity index (χ0) is 18.0. The number of hydrogen-bond acceptors (Lipinski definition) is 5. The van der Waals surface area contributed by atoms with Crippen LogP contribution in [0, 0.1) is 13.8 Å². The third-order valence-electron chi connectivity index (χ3n) is 5.10. The summed E-state index contributed by atoms with van der Waals surface area (Å²) in [6, 6.07) is 4.26. The van der Waals surface area contributed by atoms with Crippen molar-refractivity contribution >= 4 is 11.0 Å². The van der Waals surface area contributed by atoms with E-state index in [9.17, 15) is 10.2 Å². The zero-order valence-electron chi connectivity index (χ0n) is 15.5. The number of nitrogens with zero attached hydrogens (tertiary/aromatic N) is 4. The molecule has 2 aromatic rings. The number of aryl methyl sites for hydroxylation is 2. The maximum absolute atomic E-state index is 10.5. The van der Waals surface area contributed by atoms with Gasteiger partial charge >= 0.3 is 0 Å². The summed E-state index contributed by atoms with van der Waals surface area (Å²) < 4.78 is 2.05. The number of rotatable bonds is 6. The van der Waals surface area contributed by atoms with Crippen molar-refractivity contribution in [3.63, 3.8) is 0 Å². The standard InChI is InChI=1S/C19H30N4O2/c1-14-8-18-19(9-15(14)2)23(13-20-18)12-17(25)11-22-6-4-21(5-7-22)10-16(3)24/h8-9,13,16-17,24-25H,4-7,10-12H2,1-3H3/t16-,17+/m1/s1. The molecule has 1 fully saturated rings. The molecule has 0 amide bonds. The number of aliphatic hydroxyl groups excluding tert-OH is 2. The Morgan fingerprint density at radius 1 is 0.960 bits per heavy atom. The van der Waals surface area contributed by atoms with Crippen molar-refractivity contribution < 1.29 is 10.2 Å². The molecule has 0 radical (unpaired) electrons. The number of hydrogen-bond donors (Lipinski definition) is 2. The Morgan fingerprint density at radius 2 is 1.56 bits per heavy atom. The fourth-order valence-electron chi connectivity index (χ4n) is 3.57. The van der Waals surface area contributed by atoms with Crippen LogP contribution >= 0.6 is 0 Å². The number of fused-ring (bicyclic) bond motifs is 1. The van der Waals surface area contributed by atoms with Crippen molar-refractivity contribution in [2.45, 2.75) is 39.5 Å². The summed E-state index contributed by atoms with van der Waals surface area (Å²) in [6.45, 7) is 11.8. The zero-order valence-corrected chi connectivity index (χ0v) is 15.5. The number of β-amino-alcohol motifs (C(OH)–C–C–N with tert-alkyl or cyclic N) is 2. The van der Waals surface area contributed by atoms with E-state index in [-0.39, 0.29) is 6.10 Å². The van der Waals surface area contributed by atoms with E-state index in [1.54, 1.807) is 0 Å². The van der Waals surface area contributed by atoms with E-state index in [1.807, 2.05) is 13.3 Å². The Kier molecular flexibility index (Phi) is 5.74. The molecular formula is C19H30N4O2. The van der Waals surface area contributed by atoms with Gasteiger partial charge in [-0.1, -0.05) is 0 Å². The van der Waals surface area contributed by atoms with Gasteiger partial charge in [0, 0.05) is 39.3 Å². The molecular weight excluding hydrogens is 316 g/mol. The van der Waals surface area contributed by atoms with E-state index in [4.69, 9.17) is 0 Å². The first-order chi connectivity index (χ1) is 11.9. The summed E-state index contributed by atoms with van der Waals surface area (Å²) in [4.78, 5) is 9.05. The van der Waals surface area contributed by atoms with Gasteiger partial charge in [-0.3, -0.25) is 9.80 Å². The predicted molar refractivity (Wildman–Crippen MR) is 99.8 cm³/mol. The Hall–Kier alpha value is -1.47. The number of piperazine rings is 1. The fraction of sp³-hybridized carbons (Fsp3) is 0.632. The van der Waals surface area contributed by atoms with Crippen molar-refractivity contribution in [2.24, 2.45) is 0 Å². The molecule has 3 rings (SSSR count). The van der Waals surface area contributed by atoms with Crippen LogP contribution in [0.3, 0.4) is 0 Å². The molecule has 0 bridgehead atoms. The lowest BCUT2D eigenvalue weighted by atomic mass is 10.1. The molecule has 2 N–H and O–H groups in total. The molecule has 25 heavy (non-hydrogen) atoms. The van der Waals surface area contributed by atoms with Crippen LogP contribution in [0.25, 0.3) is 11.0 Å². The van der Waals surface area contributed by atoms with Gasteiger partial charge in [0.1, 0.15) is 0 Å². The maximum atomic E-state index is 10.5. The first-order valence-electron chi connectivity index (χ1n) is 9.15. The van der Waals surface area contributed by atoms with Crippen molar-refractivity contribution in [1.82, 2.24) is 19.4 Å². The second kappa shape index (κ2) is 7.83. The Bertz CT molecular complexity index is 705. The summed E-state index contributed by atoms with van der Waals surface area (Å²) in [5.41, 5.74) is 4.57. The van der Waals surface area contributed by atoms with Crippen LogP contribution in [0.15, 0.2) is 18.5 Å². The SMILES string of the molecule is Cc1cc2ncn(C[C@@H](O)CN3CCN(C[C@@H](C)O)CC3)c2cc1C. The minimum atomic E-state index is -0.415. The molecule has 0 unspecified atom stereocenters. The van der Waals surface area contributed by atoms with Crippen LogP contribution in [0.5, 0.6) is 0 Å². The van der Waals surface area contributed by atoms with Crippen molar-refractivity contribution in [1.29, 1.82) is 0 Å². The lowest BCUT2D eigenvalue weighted by Gasteiger charge is -2.36. The van der Waals surface area contributed by atoms with Crippen molar-refractivity contribution in [3.05, 3.63) is 29.6 Å². The van der Waals surface area contributed by atoms with E-state index < -0.39 is 6.10 Å². The topological polar surface area (TPSA) is 64.8 Å². The summed E-state index contributed by atoms with van der Waals surface area (Å²) in [5.74, 6) is 0. The second-order valence-corrected chi connectivity index (χ2v) is 7.43. The fourth-order valence-corrected chi connectivity index (χ4v) is 3.57.